The zero-order valence-electron chi connectivity index (χ0n) is 20.0. The van der Waals surface area contributed by atoms with Gasteiger partial charge in [-0.1, -0.05) is 60.7 Å². The average Bonchev–Trinajstić information content (AvgIpc) is 3.34. The van der Waals surface area contributed by atoms with Gasteiger partial charge in [-0.2, -0.15) is 5.10 Å². The zero-order chi connectivity index (χ0) is 25.7. The van der Waals surface area contributed by atoms with E-state index in [4.69, 9.17) is 0 Å². The summed E-state index contributed by atoms with van der Waals surface area (Å²) in [5.41, 5.74) is 2.80. The molecule has 1 unspecified atom stereocenters. The van der Waals surface area contributed by atoms with Crippen LogP contribution >= 0.6 is 0 Å². The third kappa shape index (κ3) is 5.33. The molecule has 1 atom stereocenters. The van der Waals surface area contributed by atoms with Crippen LogP contribution in [0.2, 0.25) is 0 Å². The van der Waals surface area contributed by atoms with E-state index in [-0.39, 0.29) is 18.0 Å². The van der Waals surface area contributed by atoms with Crippen molar-refractivity contribution in [2.75, 3.05) is 11.9 Å². The molecule has 0 fully saturated rings. The molecule has 0 bridgehead atoms. The summed E-state index contributed by atoms with van der Waals surface area (Å²) in [6.07, 6.45) is -0.282. The molecule has 0 saturated heterocycles. The van der Waals surface area contributed by atoms with Gasteiger partial charge in [-0.3, -0.25) is 19.3 Å². The van der Waals surface area contributed by atoms with Gasteiger partial charge in [0.05, 0.1) is 18.2 Å². The number of nitrogens with one attached hydrogen (secondary N) is 1. The number of hydrogen-bond donors (Lipinski definition) is 2. The molecular formula is C28H26N4O4. The molecule has 0 radical (unpaired) electrons. The Morgan fingerprint density at radius 2 is 1.56 bits per heavy atom. The number of aliphatic carboxylic acids is 1. The number of carbonyl (C=O) groups is 3. The van der Waals surface area contributed by atoms with Crippen molar-refractivity contribution in [3.05, 3.63) is 113 Å². The second-order valence-electron chi connectivity index (χ2n) is 8.35. The monoisotopic (exact) mass is 482 g/mol. The first-order valence-electron chi connectivity index (χ1n) is 11.4. The number of aromatic nitrogens is 2. The largest absolute Gasteiger partial charge is 0.481 e. The van der Waals surface area contributed by atoms with Crippen LogP contribution in [0.3, 0.4) is 0 Å². The van der Waals surface area contributed by atoms with Crippen molar-refractivity contribution in [1.82, 2.24) is 15.1 Å². The molecule has 3 aromatic carbocycles. The fourth-order valence-corrected chi connectivity index (χ4v) is 3.98. The van der Waals surface area contributed by atoms with Gasteiger partial charge in [0.2, 0.25) is 0 Å². The highest BCUT2D eigenvalue weighted by Crippen LogP contribution is 2.25. The van der Waals surface area contributed by atoms with Crippen LogP contribution in [0.1, 0.15) is 44.4 Å². The van der Waals surface area contributed by atoms with Crippen LogP contribution in [-0.2, 0) is 4.79 Å². The van der Waals surface area contributed by atoms with Crippen molar-refractivity contribution in [2.45, 2.75) is 19.4 Å². The van der Waals surface area contributed by atoms with Crippen molar-refractivity contribution in [3.63, 3.8) is 0 Å². The van der Waals surface area contributed by atoms with Crippen LogP contribution in [0.5, 0.6) is 0 Å². The molecule has 8 nitrogen and oxygen atoms in total. The normalized spacial score (nSPS) is 11.5. The molecule has 36 heavy (non-hydrogen) atoms. The van der Waals surface area contributed by atoms with Gasteiger partial charge in [0.1, 0.15) is 5.82 Å². The topological polar surface area (TPSA) is 105 Å². The molecule has 182 valence electrons. The van der Waals surface area contributed by atoms with Crippen LogP contribution in [0.4, 0.5) is 5.82 Å². The lowest BCUT2D eigenvalue weighted by Crippen LogP contribution is -2.31. The summed E-state index contributed by atoms with van der Waals surface area (Å²) in [5, 5.41) is 16.7. The summed E-state index contributed by atoms with van der Waals surface area (Å²) in [7, 11) is 1.62. The number of amides is 2. The summed E-state index contributed by atoms with van der Waals surface area (Å²) < 4.78 is 1.52. The van der Waals surface area contributed by atoms with Crippen LogP contribution in [0.25, 0.3) is 5.69 Å². The van der Waals surface area contributed by atoms with Crippen LogP contribution in [-0.4, -0.2) is 39.7 Å². The van der Waals surface area contributed by atoms with Crippen molar-refractivity contribution < 1.29 is 19.5 Å². The van der Waals surface area contributed by atoms with E-state index in [0.29, 0.717) is 22.6 Å². The van der Waals surface area contributed by atoms with E-state index in [1.165, 1.54) is 15.6 Å². The van der Waals surface area contributed by atoms with Crippen molar-refractivity contribution in [1.29, 1.82) is 0 Å². The predicted molar refractivity (Wildman–Crippen MR) is 136 cm³/mol. The number of nitrogens with zero attached hydrogens (tertiary/aromatic N) is 3. The van der Waals surface area contributed by atoms with Crippen molar-refractivity contribution in [3.8, 4) is 5.69 Å². The highest BCUT2D eigenvalue weighted by atomic mass is 16.4. The minimum absolute atomic E-state index is 0.0607. The Morgan fingerprint density at radius 1 is 0.944 bits per heavy atom. The standard InChI is InChI=1S/C28H26N4O4/c1-19-11-9-10-16-22(19)23(18-26(33)34)29-27(35)24-17-25(32(30-24)21-14-7-4-8-15-21)31(2)28(36)20-12-5-3-6-13-20/h3-17,23H,18H2,1-2H3,(H,29,35)(H,33,34). The fraction of sp³-hybridized carbons (Fsp3) is 0.143. The van der Waals surface area contributed by atoms with E-state index >= 15 is 0 Å². The number of anilines is 1. The molecule has 8 heteroatoms. The van der Waals surface area contributed by atoms with Gasteiger partial charge in [-0.05, 0) is 42.3 Å². The van der Waals surface area contributed by atoms with Gasteiger partial charge < -0.3 is 10.4 Å². The van der Waals surface area contributed by atoms with E-state index in [1.54, 1.807) is 43.4 Å². The maximum Gasteiger partial charge on any atom is 0.305 e. The number of hydrogen-bond acceptors (Lipinski definition) is 4. The number of carboxylic acid groups (broad SMARTS) is 1. The van der Waals surface area contributed by atoms with Gasteiger partial charge in [-0.15, -0.1) is 0 Å². The highest BCUT2D eigenvalue weighted by molar-refractivity contribution is 6.06. The van der Waals surface area contributed by atoms with Crippen LogP contribution in [0.15, 0.2) is 91.0 Å². The van der Waals surface area contributed by atoms with Gasteiger partial charge >= 0.3 is 5.97 Å². The van der Waals surface area contributed by atoms with Gasteiger partial charge in [0, 0.05) is 18.7 Å². The molecule has 0 spiro atoms. The molecule has 0 aliphatic heterocycles. The maximum atomic E-state index is 13.3. The maximum absolute atomic E-state index is 13.3. The number of rotatable bonds is 8. The van der Waals surface area contributed by atoms with E-state index in [2.05, 4.69) is 10.4 Å². The number of para-hydroxylation sites is 1. The summed E-state index contributed by atoms with van der Waals surface area (Å²) in [4.78, 5) is 39.4. The smallest absolute Gasteiger partial charge is 0.305 e. The average molecular weight is 483 g/mol. The van der Waals surface area contributed by atoms with Gasteiger partial charge in [0.25, 0.3) is 11.8 Å². The molecule has 0 saturated carbocycles. The van der Waals surface area contributed by atoms with E-state index < -0.39 is 17.9 Å². The Bertz CT molecular complexity index is 1380. The molecule has 1 aromatic heterocycles. The lowest BCUT2D eigenvalue weighted by Gasteiger charge is -2.19. The Morgan fingerprint density at radius 3 is 2.19 bits per heavy atom. The lowest BCUT2D eigenvalue weighted by molar-refractivity contribution is -0.137. The summed E-state index contributed by atoms with van der Waals surface area (Å²) in [6.45, 7) is 1.86. The second kappa shape index (κ2) is 10.7. The summed E-state index contributed by atoms with van der Waals surface area (Å²) in [6, 6.07) is 26.1. The third-order valence-electron chi connectivity index (χ3n) is 5.84. The first kappa shape index (κ1) is 24.4. The number of carboxylic acids is 1. The zero-order valence-corrected chi connectivity index (χ0v) is 20.0. The lowest BCUT2D eigenvalue weighted by atomic mass is 9.98. The van der Waals surface area contributed by atoms with Crippen LogP contribution < -0.4 is 10.2 Å². The Labute approximate surface area is 208 Å². The van der Waals surface area contributed by atoms with E-state index in [0.717, 1.165) is 5.56 Å². The Kier molecular flexibility index (Phi) is 7.25. The van der Waals surface area contributed by atoms with E-state index in [1.807, 2.05) is 55.5 Å². The van der Waals surface area contributed by atoms with Crippen LogP contribution in [0, 0.1) is 6.92 Å². The quantitative estimate of drug-likeness (QED) is 0.387. The van der Waals surface area contributed by atoms with Gasteiger partial charge in [0.15, 0.2) is 5.69 Å². The molecule has 2 N–H and O–H groups in total. The minimum atomic E-state index is -1.03. The summed E-state index contributed by atoms with van der Waals surface area (Å²) >= 11 is 0. The fourth-order valence-electron chi connectivity index (χ4n) is 3.98. The summed E-state index contributed by atoms with van der Waals surface area (Å²) in [5.74, 6) is -1.44. The molecule has 0 aliphatic rings. The molecule has 4 aromatic rings. The number of benzene rings is 3. The Balaban J connectivity index is 1.70. The molecule has 1 heterocycles. The molecule has 2 amide bonds. The highest BCUT2D eigenvalue weighted by Gasteiger charge is 2.25. The molecule has 4 rings (SSSR count). The minimum Gasteiger partial charge on any atom is -0.481 e. The third-order valence-corrected chi connectivity index (χ3v) is 5.84. The SMILES string of the molecule is Cc1ccccc1C(CC(=O)O)NC(=O)c1cc(N(C)C(=O)c2ccccc2)n(-c2ccccc2)n1. The first-order valence-corrected chi connectivity index (χ1v) is 11.4. The number of aryl methyl sites for hydroxylation is 1. The van der Waals surface area contributed by atoms with Crippen molar-refractivity contribution in [2.24, 2.45) is 0 Å². The number of carbonyl (C=O) groups excluding carboxylic acids is 2. The first-order chi connectivity index (χ1) is 17.3. The Hall–Kier alpha value is -4.72. The van der Waals surface area contributed by atoms with Crippen molar-refractivity contribution >= 4 is 23.6 Å². The molecular weight excluding hydrogens is 456 g/mol. The molecule has 0 aliphatic carbocycles. The predicted octanol–water partition coefficient (Wildman–Crippen LogP) is 4.40. The van der Waals surface area contributed by atoms with E-state index in [9.17, 15) is 19.5 Å². The second-order valence-corrected chi connectivity index (χ2v) is 8.35. The van der Waals surface area contributed by atoms with Gasteiger partial charge in [-0.25, -0.2) is 4.68 Å².